The summed E-state index contributed by atoms with van der Waals surface area (Å²) in [5, 5.41) is 2.81. The van der Waals surface area contributed by atoms with E-state index >= 15 is 0 Å². The number of aryl methyl sites for hydroxylation is 1. The van der Waals surface area contributed by atoms with Crippen LogP contribution in [0, 0.1) is 6.92 Å². The van der Waals surface area contributed by atoms with Gasteiger partial charge in [-0.15, -0.1) is 11.3 Å². The first kappa shape index (κ1) is 11.9. The highest BCUT2D eigenvalue weighted by molar-refractivity contribution is 7.14. The highest BCUT2D eigenvalue weighted by Gasteiger charge is 2.15. The molecular weight excluding hydrogens is 264 g/mol. The number of nitrogens with two attached hydrogens (primary N) is 1. The molecule has 2 heterocycles. The molecule has 0 atom stereocenters. The van der Waals surface area contributed by atoms with E-state index in [0.29, 0.717) is 27.8 Å². The minimum Gasteiger partial charge on any atom is -0.454 e. The van der Waals surface area contributed by atoms with E-state index < -0.39 is 0 Å². The molecule has 0 bridgehead atoms. The van der Waals surface area contributed by atoms with Crippen molar-refractivity contribution in [1.82, 2.24) is 0 Å². The first-order valence-electron chi connectivity index (χ1n) is 5.70. The lowest BCUT2D eigenvalue weighted by molar-refractivity contribution is 0.103. The van der Waals surface area contributed by atoms with E-state index in [-0.39, 0.29) is 12.7 Å². The predicted octanol–water partition coefficient (Wildman–Crippen LogP) is 2.62. The van der Waals surface area contributed by atoms with Crippen molar-refractivity contribution in [2.24, 2.45) is 0 Å². The number of amides is 1. The van der Waals surface area contributed by atoms with Gasteiger partial charge < -0.3 is 20.5 Å². The fraction of sp³-hybridized carbons (Fsp3) is 0.154. The fourth-order valence-corrected chi connectivity index (χ4v) is 2.61. The Hall–Kier alpha value is -2.21. The molecule has 0 saturated heterocycles. The number of hydrogen-bond donors (Lipinski definition) is 2. The molecule has 1 amide bonds. The highest BCUT2D eigenvalue weighted by Crippen LogP contribution is 2.34. The zero-order valence-electron chi connectivity index (χ0n) is 10.2. The third kappa shape index (κ3) is 2.22. The summed E-state index contributed by atoms with van der Waals surface area (Å²) >= 11 is 1.37. The summed E-state index contributed by atoms with van der Waals surface area (Å²) < 4.78 is 10.5. The Morgan fingerprint density at radius 2 is 2.11 bits per heavy atom. The van der Waals surface area contributed by atoms with Gasteiger partial charge in [0.05, 0.1) is 4.88 Å². The molecule has 1 aromatic carbocycles. The standard InChI is InChI=1S/C13H12N2O3S/c1-7-9(14)5-12(19-7)13(16)15-8-2-3-10-11(4-8)18-6-17-10/h2-5H,6,14H2,1H3,(H,15,16). The Labute approximate surface area is 113 Å². The minimum atomic E-state index is -0.177. The maximum Gasteiger partial charge on any atom is 0.265 e. The maximum absolute atomic E-state index is 12.1. The molecule has 3 rings (SSSR count). The number of carbonyl (C=O) groups is 1. The first-order chi connectivity index (χ1) is 9.13. The molecule has 0 spiro atoms. The summed E-state index contributed by atoms with van der Waals surface area (Å²) in [6, 6.07) is 6.97. The third-order valence-electron chi connectivity index (χ3n) is 2.81. The molecule has 1 aliphatic rings. The van der Waals surface area contributed by atoms with E-state index in [1.807, 2.05) is 6.92 Å². The lowest BCUT2D eigenvalue weighted by Gasteiger charge is -2.04. The molecule has 6 heteroatoms. The zero-order chi connectivity index (χ0) is 13.4. The number of rotatable bonds is 2. The zero-order valence-corrected chi connectivity index (χ0v) is 11.0. The van der Waals surface area contributed by atoms with Gasteiger partial charge in [0.2, 0.25) is 6.79 Å². The van der Waals surface area contributed by atoms with E-state index in [1.165, 1.54) is 11.3 Å². The van der Waals surface area contributed by atoms with Crippen LogP contribution in [0.3, 0.4) is 0 Å². The molecule has 0 aliphatic carbocycles. The molecule has 98 valence electrons. The van der Waals surface area contributed by atoms with Gasteiger partial charge in [-0.25, -0.2) is 0 Å². The number of hydrogen-bond acceptors (Lipinski definition) is 5. The summed E-state index contributed by atoms with van der Waals surface area (Å²) in [5.41, 5.74) is 7.04. The summed E-state index contributed by atoms with van der Waals surface area (Å²) in [5.74, 6) is 1.15. The number of fused-ring (bicyclic) bond motifs is 1. The van der Waals surface area contributed by atoms with E-state index in [9.17, 15) is 4.79 Å². The van der Waals surface area contributed by atoms with Crippen LogP contribution in [0.2, 0.25) is 0 Å². The summed E-state index contributed by atoms with van der Waals surface area (Å²) in [6.45, 7) is 2.10. The minimum absolute atomic E-state index is 0.177. The van der Waals surface area contributed by atoms with E-state index in [2.05, 4.69) is 5.32 Å². The Kier molecular flexibility index (Phi) is 2.79. The molecule has 19 heavy (non-hydrogen) atoms. The van der Waals surface area contributed by atoms with Gasteiger partial charge in [-0.2, -0.15) is 0 Å². The number of ether oxygens (including phenoxy) is 2. The molecular formula is C13H12N2O3S. The van der Waals surface area contributed by atoms with Crippen LogP contribution in [0.1, 0.15) is 14.5 Å². The van der Waals surface area contributed by atoms with Crippen molar-refractivity contribution in [1.29, 1.82) is 0 Å². The predicted molar refractivity (Wildman–Crippen MR) is 74.0 cm³/mol. The van der Waals surface area contributed by atoms with Crippen molar-refractivity contribution in [2.75, 3.05) is 17.8 Å². The van der Waals surface area contributed by atoms with E-state index in [4.69, 9.17) is 15.2 Å². The molecule has 2 aromatic rings. The molecule has 5 nitrogen and oxygen atoms in total. The summed E-state index contributed by atoms with van der Waals surface area (Å²) in [4.78, 5) is 13.6. The van der Waals surface area contributed by atoms with Crippen molar-refractivity contribution in [2.45, 2.75) is 6.92 Å². The van der Waals surface area contributed by atoms with Gasteiger partial charge in [-0.3, -0.25) is 4.79 Å². The number of thiophene rings is 1. The van der Waals surface area contributed by atoms with E-state index in [1.54, 1.807) is 24.3 Å². The largest absolute Gasteiger partial charge is 0.454 e. The second-order valence-electron chi connectivity index (χ2n) is 4.14. The van der Waals surface area contributed by atoms with Crippen LogP contribution in [0.5, 0.6) is 11.5 Å². The first-order valence-corrected chi connectivity index (χ1v) is 6.52. The van der Waals surface area contributed by atoms with Crippen molar-refractivity contribution < 1.29 is 14.3 Å². The summed E-state index contributed by atoms with van der Waals surface area (Å²) in [7, 11) is 0. The number of benzene rings is 1. The number of anilines is 2. The second-order valence-corrected chi connectivity index (χ2v) is 5.40. The van der Waals surface area contributed by atoms with Gasteiger partial charge in [0, 0.05) is 22.3 Å². The average molecular weight is 276 g/mol. The molecule has 0 saturated carbocycles. The van der Waals surface area contributed by atoms with Crippen LogP contribution in [0.15, 0.2) is 24.3 Å². The van der Waals surface area contributed by atoms with Crippen LogP contribution in [-0.4, -0.2) is 12.7 Å². The van der Waals surface area contributed by atoms with Gasteiger partial charge in [-0.05, 0) is 25.1 Å². The normalized spacial score (nSPS) is 12.5. The van der Waals surface area contributed by atoms with Gasteiger partial charge in [-0.1, -0.05) is 0 Å². The smallest absolute Gasteiger partial charge is 0.265 e. The average Bonchev–Trinajstić information content (AvgIpc) is 2.96. The van der Waals surface area contributed by atoms with Crippen LogP contribution < -0.4 is 20.5 Å². The lowest BCUT2D eigenvalue weighted by Crippen LogP contribution is -2.09. The molecule has 3 N–H and O–H groups in total. The fourth-order valence-electron chi connectivity index (χ4n) is 1.78. The van der Waals surface area contributed by atoms with Crippen molar-refractivity contribution in [3.05, 3.63) is 34.0 Å². The van der Waals surface area contributed by atoms with Crippen LogP contribution in [-0.2, 0) is 0 Å². The topological polar surface area (TPSA) is 73.6 Å². The van der Waals surface area contributed by atoms with Crippen LogP contribution in [0.25, 0.3) is 0 Å². The number of nitrogens with one attached hydrogen (secondary N) is 1. The molecule has 0 radical (unpaired) electrons. The number of carbonyl (C=O) groups excluding carboxylic acids is 1. The SMILES string of the molecule is Cc1sc(C(=O)Nc2ccc3c(c2)OCO3)cc1N. The van der Waals surface area contributed by atoms with Gasteiger partial charge >= 0.3 is 0 Å². The Morgan fingerprint density at radius 1 is 1.32 bits per heavy atom. The van der Waals surface area contributed by atoms with E-state index in [0.717, 1.165) is 4.88 Å². The third-order valence-corrected chi connectivity index (χ3v) is 3.88. The maximum atomic E-state index is 12.1. The van der Waals surface area contributed by atoms with Crippen molar-refractivity contribution >= 4 is 28.6 Å². The molecule has 1 aliphatic heterocycles. The van der Waals surface area contributed by atoms with Gasteiger partial charge in [0.15, 0.2) is 11.5 Å². The monoisotopic (exact) mass is 276 g/mol. The highest BCUT2D eigenvalue weighted by atomic mass is 32.1. The second kappa shape index (κ2) is 4.47. The van der Waals surface area contributed by atoms with Gasteiger partial charge in [0.25, 0.3) is 5.91 Å². The van der Waals surface area contributed by atoms with Crippen molar-refractivity contribution in [3.63, 3.8) is 0 Å². The quantitative estimate of drug-likeness (QED) is 0.884. The molecule has 0 unspecified atom stereocenters. The Bertz CT molecular complexity index is 632. The molecule has 0 fully saturated rings. The van der Waals surface area contributed by atoms with Crippen LogP contribution in [0.4, 0.5) is 11.4 Å². The summed E-state index contributed by atoms with van der Waals surface area (Å²) in [6.07, 6.45) is 0. The molecule has 1 aromatic heterocycles. The van der Waals surface area contributed by atoms with Crippen molar-refractivity contribution in [3.8, 4) is 11.5 Å². The Morgan fingerprint density at radius 3 is 2.84 bits per heavy atom. The Balaban J connectivity index is 1.79. The lowest BCUT2D eigenvalue weighted by atomic mass is 10.2. The number of nitrogen functional groups attached to an aromatic ring is 1. The van der Waals surface area contributed by atoms with Crippen LogP contribution >= 0.6 is 11.3 Å². The van der Waals surface area contributed by atoms with Gasteiger partial charge in [0.1, 0.15) is 0 Å².